The lowest BCUT2D eigenvalue weighted by Gasteiger charge is -2.15. The monoisotopic (exact) mass is 291 g/mol. The number of carbonyl (C=O) groups excluding carboxylic acids is 1. The third kappa shape index (κ3) is 11.0. The number of hydrogen-bond acceptors (Lipinski definition) is 5. The van der Waals surface area contributed by atoms with Gasteiger partial charge < -0.3 is 10.3 Å². The van der Waals surface area contributed by atoms with Gasteiger partial charge in [-0.05, 0) is 6.42 Å². The van der Waals surface area contributed by atoms with Gasteiger partial charge in [-0.2, -0.15) is 5.26 Å². The van der Waals surface area contributed by atoms with E-state index >= 15 is 0 Å². The molecule has 0 bridgehead atoms. The molecule has 0 fully saturated rings. The molecule has 0 aliphatic rings. The molecule has 7 nitrogen and oxygen atoms in total. The third-order valence-electron chi connectivity index (χ3n) is 2.06. The maximum atomic E-state index is 10.4. The molecule has 0 saturated heterocycles. The summed E-state index contributed by atoms with van der Waals surface area (Å²) < 4.78 is 0. The number of halogens is 1. The largest absolute Gasteiger partial charge is 0.465 e. The third-order valence-corrected chi connectivity index (χ3v) is 2.29. The van der Waals surface area contributed by atoms with Crippen molar-refractivity contribution >= 4 is 29.8 Å². The minimum atomic E-state index is -1.29. The Kier molecular flexibility index (Phi) is 10.4. The smallest absolute Gasteiger partial charge is 0.413 e. The molecule has 2 N–H and O–H groups in total. The van der Waals surface area contributed by atoms with Gasteiger partial charge in [-0.15, -0.1) is 16.8 Å². The number of carboxylic acid groups (broad SMARTS) is 1. The minimum Gasteiger partial charge on any atom is -0.465 e. The van der Waals surface area contributed by atoms with Crippen molar-refractivity contribution in [3.63, 3.8) is 0 Å². The van der Waals surface area contributed by atoms with Gasteiger partial charge in [0.25, 0.3) is 0 Å². The summed E-state index contributed by atoms with van der Waals surface area (Å²) in [5, 5.41) is 27.5. The number of nitrogens with zero attached hydrogens (tertiary/aromatic N) is 3. The second-order valence-corrected chi connectivity index (χ2v) is 4.53. The maximum absolute atomic E-state index is 10.4. The highest BCUT2D eigenvalue weighted by molar-refractivity contribution is 6.28. The van der Waals surface area contributed by atoms with Crippen LogP contribution >= 0.6 is 11.6 Å². The number of alkyl halides is 1. The van der Waals surface area contributed by atoms with E-state index in [0.717, 1.165) is 13.5 Å². The Morgan fingerprint density at radius 3 is 2.32 bits per heavy atom. The van der Waals surface area contributed by atoms with E-state index in [1.54, 1.807) is 0 Å². The van der Waals surface area contributed by atoms with Crippen molar-refractivity contribution in [2.24, 2.45) is 10.6 Å². The number of nitriles is 1. The molecular weight excluding hydrogens is 274 g/mol. The lowest BCUT2D eigenvalue weighted by molar-refractivity contribution is -0.125. The van der Waals surface area contributed by atoms with Crippen LogP contribution < -0.4 is 0 Å². The lowest BCUT2D eigenvalue weighted by atomic mass is 9.90. The summed E-state index contributed by atoms with van der Waals surface area (Å²) in [5.41, 5.74) is -0.162. The van der Waals surface area contributed by atoms with Crippen LogP contribution in [0.5, 0.6) is 0 Å². The molecule has 8 heteroatoms. The van der Waals surface area contributed by atoms with E-state index in [2.05, 4.69) is 5.16 Å². The predicted octanol–water partition coefficient (Wildman–Crippen LogP) is 2.14. The quantitative estimate of drug-likeness (QED) is 0.356. The van der Waals surface area contributed by atoms with Crippen LogP contribution in [0.3, 0.4) is 0 Å². The molecule has 0 saturated carbocycles. The average Bonchev–Trinajstić information content (AvgIpc) is 2.35. The van der Waals surface area contributed by atoms with Gasteiger partial charge in [-0.25, -0.2) is 9.69 Å². The number of imide groups is 1. The van der Waals surface area contributed by atoms with Gasteiger partial charge in [0.05, 0.1) is 6.07 Å². The molecule has 0 unspecified atom stereocenters. The fourth-order valence-electron chi connectivity index (χ4n) is 0.795. The molecule has 0 aliphatic carbocycles. The van der Waals surface area contributed by atoms with E-state index < -0.39 is 12.0 Å². The number of rotatable bonds is 4. The molecular formula is C11H18ClN3O4. The number of oxime groups is 1. The van der Waals surface area contributed by atoms with E-state index in [0.29, 0.717) is 11.3 Å². The fraction of sp³-hybridized carbons (Fsp3) is 0.636. The predicted molar refractivity (Wildman–Crippen MR) is 70.4 cm³/mol. The first kappa shape index (κ1) is 19.5. The van der Waals surface area contributed by atoms with Crippen molar-refractivity contribution < 1.29 is 19.9 Å². The molecule has 108 valence electrons. The highest BCUT2D eigenvalue weighted by atomic mass is 35.5. The topological polar surface area (TPSA) is 114 Å². The van der Waals surface area contributed by atoms with Gasteiger partial charge in [-0.1, -0.05) is 13.8 Å². The first-order chi connectivity index (χ1) is 8.71. The summed E-state index contributed by atoms with van der Waals surface area (Å²) in [6.45, 7) is 3.84. The van der Waals surface area contributed by atoms with Crippen LogP contribution in [0.15, 0.2) is 5.16 Å². The summed E-state index contributed by atoms with van der Waals surface area (Å²) in [4.78, 5) is 20.8. The van der Waals surface area contributed by atoms with Crippen molar-refractivity contribution in [2.75, 3.05) is 12.9 Å². The second kappa shape index (κ2) is 10.1. The van der Waals surface area contributed by atoms with Crippen molar-refractivity contribution in [1.29, 1.82) is 5.26 Å². The molecule has 0 radical (unpaired) electrons. The standard InChI is InChI=1S/C7H12N2O.C4H6ClNO3/c1-7(2,6-9-10)4-3-5-8;1-6(4(8)9)3(7)2-5/h6,10H,3-4H2,1-2H3;2H2,1H3,(H,8,9). The molecule has 0 aromatic rings. The Balaban J connectivity index is 0. The van der Waals surface area contributed by atoms with Crippen LogP contribution in [0.1, 0.15) is 26.7 Å². The van der Waals surface area contributed by atoms with Gasteiger partial charge in [0.15, 0.2) is 0 Å². The molecule has 0 atom stereocenters. The second-order valence-electron chi connectivity index (χ2n) is 4.26. The Labute approximate surface area is 117 Å². The van der Waals surface area contributed by atoms with Crippen LogP contribution in [0.2, 0.25) is 0 Å². The highest BCUT2D eigenvalue weighted by Gasteiger charge is 2.14. The van der Waals surface area contributed by atoms with E-state index in [4.69, 9.17) is 27.2 Å². The normalized spacial score (nSPS) is 10.3. The van der Waals surface area contributed by atoms with Crippen molar-refractivity contribution in [3.05, 3.63) is 0 Å². The van der Waals surface area contributed by atoms with Crippen molar-refractivity contribution in [3.8, 4) is 6.07 Å². The molecule has 0 aliphatic heterocycles. The van der Waals surface area contributed by atoms with Gasteiger partial charge in [0, 0.05) is 25.1 Å². The van der Waals surface area contributed by atoms with E-state index in [1.807, 2.05) is 19.9 Å². The molecule has 0 rings (SSSR count). The number of amides is 2. The SMILES string of the molecule is CC(C)(C=NO)CCC#N.CN(C(=O)O)C(=O)CCl. The maximum Gasteiger partial charge on any atom is 0.413 e. The van der Waals surface area contributed by atoms with Crippen LogP contribution in [-0.2, 0) is 4.79 Å². The molecule has 0 heterocycles. The summed E-state index contributed by atoms with van der Waals surface area (Å²) in [6.07, 6.45) is 1.39. The molecule has 2 amide bonds. The highest BCUT2D eigenvalue weighted by Crippen LogP contribution is 2.18. The van der Waals surface area contributed by atoms with Gasteiger partial charge in [0.1, 0.15) is 5.88 Å². The zero-order chi connectivity index (χ0) is 15.5. The number of hydrogen-bond donors (Lipinski definition) is 2. The van der Waals surface area contributed by atoms with E-state index in [1.165, 1.54) is 6.21 Å². The summed E-state index contributed by atoms with van der Waals surface area (Å²) in [6, 6.07) is 2.04. The minimum absolute atomic E-state index is 0.162. The van der Waals surface area contributed by atoms with Gasteiger partial charge >= 0.3 is 6.09 Å². The molecule has 0 aromatic heterocycles. The van der Waals surface area contributed by atoms with Crippen LogP contribution in [-0.4, -0.2) is 46.4 Å². The van der Waals surface area contributed by atoms with E-state index in [-0.39, 0.29) is 11.3 Å². The Morgan fingerprint density at radius 1 is 1.53 bits per heavy atom. The zero-order valence-electron chi connectivity index (χ0n) is 11.1. The Morgan fingerprint density at radius 2 is 2.05 bits per heavy atom. The molecule has 0 spiro atoms. The first-order valence-electron chi connectivity index (χ1n) is 5.32. The van der Waals surface area contributed by atoms with Crippen molar-refractivity contribution in [1.82, 2.24) is 4.90 Å². The number of carbonyl (C=O) groups is 2. The Hall–Kier alpha value is -1.81. The van der Waals surface area contributed by atoms with Crippen molar-refractivity contribution in [2.45, 2.75) is 26.7 Å². The summed E-state index contributed by atoms with van der Waals surface area (Å²) in [5.74, 6) is -0.924. The van der Waals surface area contributed by atoms with Crippen LogP contribution in [0.4, 0.5) is 4.79 Å². The van der Waals surface area contributed by atoms with Crippen LogP contribution in [0, 0.1) is 16.7 Å². The zero-order valence-corrected chi connectivity index (χ0v) is 11.9. The van der Waals surface area contributed by atoms with Crippen LogP contribution in [0.25, 0.3) is 0 Å². The summed E-state index contributed by atoms with van der Waals surface area (Å²) >= 11 is 5.04. The van der Waals surface area contributed by atoms with E-state index in [9.17, 15) is 9.59 Å². The lowest BCUT2D eigenvalue weighted by Crippen LogP contribution is -2.32. The average molecular weight is 292 g/mol. The molecule has 19 heavy (non-hydrogen) atoms. The van der Waals surface area contributed by atoms with Gasteiger partial charge in [0.2, 0.25) is 5.91 Å². The summed E-state index contributed by atoms with van der Waals surface area (Å²) in [7, 11) is 1.15. The first-order valence-corrected chi connectivity index (χ1v) is 5.86. The fourth-order valence-corrected chi connectivity index (χ4v) is 0.975. The molecule has 0 aromatic carbocycles. The Bertz CT molecular complexity index is 363. The van der Waals surface area contributed by atoms with Gasteiger partial charge in [-0.3, -0.25) is 4.79 Å².